The molecule has 0 atom stereocenters. The fourth-order valence-corrected chi connectivity index (χ4v) is 2.65. The number of carbonyl (C=O) groups is 1. The summed E-state index contributed by atoms with van der Waals surface area (Å²) < 4.78 is 21.3. The Morgan fingerprint density at radius 2 is 1.83 bits per heavy atom. The second-order valence-corrected chi connectivity index (χ2v) is 5.54. The SMILES string of the molecule is COCCOc1c(OC)cc(/C=C2\SC(=N)NC2=O)cc1OC. The molecular formula is C15H18N2O5S. The van der Waals surface area contributed by atoms with Crippen molar-refractivity contribution in [1.82, 2.24) is 5.32 Å². The molecule has 8 heteroatoms. The Morgan fingerprint density at radius 1 is 1.17 bits per heavy atom. The van der Waals surface area contributed by atoms with Gasteiger partial charge in [-0.15, -0.1) is 0 Å². The maximum atomic E-state index is 11.7. The standard InChI is InChI=1S/C15H18N2O5S/c1-19-4-5-22-13-10(20-2)6-9(7-11(13)21-3)8-12-14(18)17-15(16)23-12/h6-8H,4-5H2,1-3H3,(H2,16,17,18)/b12-8-. The van der Waals surface area contributed by atoms with Crippen LogP contribution >= 0.6 is 11.8 Å². The summed E-state index contributed by atoms with van der Waals surface area (Å²) in [6, 6.07) is 3.49. The van der Waals surface area contributed by atoms with Crippen molar-refractivity contribution in [3.8, 4) is 17.2 Å². The zero-order valence-corrected chi connectivity index (χ0v) is 13.9. The predicted molar refractivity (Wildman–Crippen MR) is 88.4 cm³/mol. The van der Waals surface area contributed by atoms with Crippen LogP contribution in [0.15, 0.2) is 17.0 Å². The molecule has 124 valence electrons. The molecule has 0 saturated carbocycles. The highest BCUT2D eigenvalue weighted by Gasteiger charge is 2.23. The molecule has 1 saturated heterocycles. The summed E-state index contributed by atoms with van der Waals surface area (Å²) in [5, 5.41) is 10.0. The van der Waals surface area contributed by atoms with Crippen LogP contribution in [-0.2, 0) is 9.53 Å². The number of carbonyl (C=O) groups excluding carboxylic acids is 1. The van der Waals surface area contributed by atoms with Gasteiger partial charge in [0.25, 0.3) is 5.91 Å². The summed E-state index contributed by atoms with van der Waals surface area (Å²) in [6.45, 7) is 0.802. The number of hydrogen-bond donors (Lipinski definition) is 2. The van der Waals surface area contributed by atoms with Gasteiger partial charge in [0, 0.05) is 7.11 Å². The lowest BCUT2D eigenvalue weighted by Crippen LogP contribution is -2.18. The summed E-state index contributed by atoms with van der Waals surface area (Å²) in [6.07, 6.45) is 1.67. The van der Waals surface area contributed by atoms with Crippen molar-refractivity contribution in [3.05, 3.63) is 22.6 Å². The van der Waals surface area contributed by atoms with Gasteiger partial charge in [-0.25, -0.2) is 0 Å². The first-order valence-corrected chi connectivity index (χ1v) is 7.58. The van der Waals surface area contributed by atoms with Gasteiger partial charge in [0.2, 0.25) is 5.75 Å². The summed E-state index contributed by atoms with van der Waals surface area (Å²) >= 11 is 1.07. The first-order valence-electron chi connectivity index (χ1n) is 6.76. The molecule has 0 aromatic heterocycles. The van der Waals surface area contributed by atoms with Crippen LogP contribution in [0.1, 0.15) is 5.56 Å². The zero-order chi connectivity index (χ0) is 16.8. The maximum absolute atomic E-state index is 11.7. The van der Waals surface area contributed by atoms with Gasteiger partial charge in [0.05, 0.1) is 25.7 Å². The van der Waals surface area contributed by atoms with E-state index in [0.29, 0.717) is 40.9 Å². The molecule has 2 rings (SSSR count). The Hall–Kier alpha value is -2.19. The van der Waals surface area contributed by atoms with E-state index >= 15 is 0 Å². The summed E-state index contributed by atoms with van der Waals surface area (Å²) in [5.74, 6) is 1.17. The fourth-order valence-electron chi connectivity index (χ4n) is 1.95. The Bertz CT molecular complexity index is 620. The third-order valence-corrected chi connectivity index (χ3v) is 3.81. The Kier molecular flexibility index (Phi) is 5.89. The van der Waals surface area contributed by atoms with Gasteiger partial charge in [0.15, 0.2) is 16.7 Å². The van der Waals surface area contributed by atoms with Crippen molar-refractivity contribution in [2.24, 2.45) is 0 Å². The van der Waals surface area contributed by atoms with Crippen LogP contribution in [0.4, 0.5) is 0 Å². The van der Waals surface area contributed by atoms with Gasteiger partial charge >= 0.3 is 0 Å². The van der Waals surface area contributed by atoms with Crippen molar-refractivity contribution >= 4 is 28.9 Å². The number of benzene rings is 1. The molecule has 0 aliphatic carbocycles. The predicted octanol–water partition coefficient (Wildman–Crippen LogP) is 1.87. The molecule has 1 aromatic rings. The van der Waals surface area contributed by atoms with Crippen LogP contribution in [0.3, 0.4) is 0 Å². The topological polar surface area (TPSA) is 89.9 Å². The zero-order valence-electron chi connectivity index (χ0n) is 13.1. The number of rotatable bonds is 7. The van der Waals surface area contributed by atoms with Crippen molar-refractivity contribution in [1.29, 1.82) is 5.41 Å². The summed E-state index contributed by atoms with van der Waals surface area (Å²) in [4.78, 5) is 12.1. The minimum Gasteiger partial charge on any atom is -0.493 e. The van der Waals surface area contributed by atoms with E-state index in [1.807, 2.05) is 0 Å². The highest BCUT2D eigenvalue weighted by Crippen LogP contribution is 2.39. The van der Waals surface area contributed by atoms with Crippen LogP contribution in [0.25, 0.3) is 6.08 Å². The first-order chi connectivity index (χ1) is 11.1. The van der Waals surface area contributed by atoms with Gasteiger partial charge in [-0.3, -0.25) is 10.2 Å². The van der Waals surface area contributed by atoms with E-state index in [1.54, 1.807) is 25.3 Å². The molecule has 1 aromatic carbocycles. The smallest absolute Gasteiger partial charge is 0.264 e. The Balaban J connectivity index is 2.34. The largest absolute Gasteiger partial charge is 0.493 e. The quantitative estimate of drug-likeness (QED) is 0.583. The normalized spacial score (nSPS) is 15.7. The van der Waals surface area contributed by atoms with E-state index in [1.165, 1.54) is 14.2 Å². The van der Waals surface area contributed by atoms with Gasteiger partial charge < -0.3 is 24.3 Å². The molecule has 1 heterocycles. The minimum absolute atomic E-state index is 0.111. The van der Waals surface area contributed by atoms with Crippen molar-refractivity contribution in [3.63, 3.8) is 0 Å². The molecule has 0 spiro atoms. The summed E-state index contributed by atoms with van der Waals surface area (Å²) in [5.41, 5.74) is 0.713. The Labute approximate surface area is 138 Å². The van der Waals surface area contributed by atoms with E-state index in [-0.39, 0.29) is 11.1 Å². The van der Waals surface area contributed by atoms with E-state index in [2.05, 4.69) is 5.32 Å². The molecule has 2 N–H and O–H groups in total. The third-order valence-electron chi connectivity index (χ3n) is 2.98. The lowest BCUT2D eigenvalue weighted by molar-refractivity contribution is -0.115. The molecule has 0 bridgehead atoms. The fraction of sp³-hybridized carbons (Fsp3) is 0.333. The number of thioether (sulfide) groups is 1. The molecule has 1 amide bonds. The number of amidine groups is 1. The molecule has 1 aliphatic rings. The lowest BCUT2D eigenvalue weighted by Gasteiger charge is -2.15. The van der Waals surface area contributed by atoms with Gasteiger partial charge in [-0.1, -0.05) is 0 Å². The number of amides is 1. The highest BCUT2D eigenvalue weighted by atomic mass is 32.2. The van der Waals surface area contributed by atoms with E-state index in [4.69, 9.17) is 24.4 Å². The minimum atomic E-state index is -0.293. The Morgan fingerprint density at radius 3 is 2.30 bits per heavy atom. The van der Waals surface area contributed by atoms with E-state index in [9.17, 15) is 4.79 Å². The number of ether oxygens (including phenoxy) is 4. The van der Waals surface area contributed by atoms with Crippen LogP contribution in [0, 0.1) is 5.41 Å². The van der Waals surface area contributed by atoms with E-state index < -0.39 is 0 Å². The molecular weight excluding hydrogens is 320 g/mol. The molecule has 23 heavy (non-hydrogen) atoms. The van der Waals surface area contributed by atoms with Crippen LogP contribution < -0.4 is 19.5 Å². The number of hydrogen-bond acceptors (Lipinski definition) is 7. The average Bonchev–Trinajstić information content (AvgIpc) is 2.85. The van der Waals surface area contributed by atoms with Gasteiger partial charge in [-0.2, -0.15) is 0 Å². The number of nitrogens with one attached hydrogen (secondary N) is 2. The van der Waals surface area contributed by atoms with Crippen LogP contribution in [-0.4, -0.2) is 45.6 Å². The molecule has 7 nitrogen and oxygen atoms in total. The maximum Gasteiger partial charge on any atom is 0.264 e. The first kappa shape index (κ1) is 17.2. The second-order valence-electron chi connectivity index (χ2n) is 4.49. The van der Waals surface area contributed by atoms with Crippen molar-refractivity contribution in [2.45, 2.75) is 0 Å². The highest BCUT2D eigenvalue weighted by molar-refractivity contribution is 8.18. The molecule has 0 unspecified atom stereocenters. The lowest BCUT2D eigenvalue weighted by atomic mass is 10.1. The second kappa shape index (κ2) is 7.89. The van der Waals surface area contributed by atoms with E-state index in [0.717, 1.165) is 11.8 Å². The molecule has 1 aliphatic heterocycles. The molecule has 1 fully saturated rings. The summed E-state index contributed by atoms with van der Waals surface area (Å²) in [7, 11) is 4.65. The van der Waals surface area contributed by atoms with Crippen molar-refractivity contribution in [2.75, 3.05) is 34.5 Å². The third kappa shape index (κ3) is 4.17. The number of methoxy groups -OCH3 is 3. The van der Waals surface area contributed by atoms with Crippen molar-refractivity contribution < 1.29 is 23.7 Å². The molecule has 0 radical (unpaired) electrons. The van der Waals surface area contributed by atoms with Crippen LogP contribution in [0.5, 0.6) is 17.2 Å². The van der Waals surface area contributed by atoms with Gasteiger partial charge in [-0.05, 0) is 35.5 Å². The van der Waals surface area contributed by atoms with Crippen LogP contribution in [0.2, 0.25) is 0 Å². The average molecular weight is 338 g/mol. The van der Waals surface area contributed by atoms with Gasteiger partial charge in [0.1, 0.15) is 6.61 Å². The monoisotopic (exact) mass is 338 g/mol.